The van der Waals surface area contributed by atoms with Gasteiger partial charge in [-0.25, -0.2) is 0 Å². The van der Waals surface area contributed by atoms with Crippen molar-refractivity contribution in [2.75, 3.05) is 6.54 Å². The number of aliphatic hydroxyl groups excluding tert-OH is 1. The van der Waals surface area contributed by atoms with Gasteiger partial charge in [-0.05, 0) is 19.4 Å². The van der Waals surface area contributed by atoms with Crippen LogP contribution in [0.2, 0.25) is 0 Å². The molecule has 0 saturated heterocycles. The van der Waals surface area contributed by atoms with E-state index in [-0.39, 0.29) is 0 Å². The Morgan fingerprint density at radius 1 is 1.60 bits per heavy atom. The Kier molecular flexibility index (Phi) is 5.10. The van der Waals surface area contributed by atoms with Crippen molar-refractivity contribution in [3.05, 3.63) is 0 Å². The summed E-state index contributed by atoms with van der Waals surface area (Å²) in [5.74, 6) is 0. The van der Waals surface area contributed by atoms with Gasteiger partial charge in [-0.15, -0.1) is 0 Å². The van der Waals surface area contributed by atoms with Gasteiger partial charge >= 0.3 is 0 Å². The van der Waals surface area contributed by atoms with Crippen LogP contribution in [0.1, 0.15) is 12.8 Å². The Morgan fingerprint density at radius 2 is 2.20 bits per heavy atom. The lowest BCUT2D eigenvalue weighted by Crippen LogP contribution is -2.36. The quantitative estimate of drug-likeness (QED) is 0.440. The molecule has 0 rings (SSSR count). The molecule has 0 aliphatic rings. The van der Waals surface area contributed by atoms with Crippen LogP contribution in [-0.2, 0) is 4.79 Å². The Balaban J connectivity index is 3.40. The molecule has 10 heavy (non-hydrogen) atoms. The van der Waals surface area contributed by atoms with E-state index < -0.39 is 12.1 Å². The summed E-state index contributed by atoms with van der Waals surface area (Å²) in [6, 6.07) is -0.883. The average Bonchev–Trinajstić information content (AvgIpc) is 1.98. The Labute approximate surface area is 60.2 Å². The standard InChI is InChI=1S/C6H13N2O2/c7-3-1-2-6(10)5(8)4-9/h5-6,10H,1-3,7-8H2/t5-,6?/m1/s1. The molecule has 0 saturated carbocycles. The molecule has 0 aromatic heterocycles. The Hall–Kier alpha value is -0.450. The monoisotopic (exact) mass is 145 g/mol. The topological polar surface area (TPSA) is 89.3 Å². The first-order valence-electron chi connectivity index (χ1n) is 3.23. The van der Waals surface area contributed by atoms with E-state index >= 15 is 0 Å². The minimum Gasteiger partial charge on any atom is -0.391 e. The first-order valence-corrected chi connectivity index (χ1v) is 3.23. The molecule has 4 heteroatoms. The van der Waals surface area contributed by atoms with Gasteiger partial charge < -0.3 is 16.6 Å². The van der Waals surface area contributed by atoms with E-state index in [0.29, 0.717) is 19.4 Å². The lowest BCUT2D eigenvalue weighted by Gasteiger charge is -2.10. The molecule has 2 atom stereocenters. The second kappa shape index (κ2) is 5.34. The lowest BCUT2D eigenvalue weighted by atomic mass is 10.1. The van der Waals surface area contributed by atoms with E-state index in [9.17, 15) is 4.79 Å². The summed E-state index contributed by atoms with van der Waals surface area (Å²) in [5, 5.41) is 9.01. The smallest absolute Gasteiger partial charge is 0.219 e. The zero-order valence-corrected chi connectivity index (χ0v) is 5.79. The molecule has 59 valence electrons. The summed E-state index contributed by atoms with van der Waals surface area (Å²) in [6.45, 7) is 0.503. The van der Waals surface area contributed by atoms with Crippen molar-refractivity contribution < 1.29 is 9.90 Å². The number of aliphatic hydroxyl groups is 1. The minimum absolute atomic E-state index is 0.465. The van der Waals surface area contributed by atoms with E-state index in [1.165, 1.54) is 6.29 Å². The van der Waals surface area contributed by atoms with Crippen LogP contribution in [0.15, 0.2) is 0 Å². The molecule has 1 radical (unpaired) electrons. The van der Waals surface area contributed by atoms with Gasteiger partial charge in [-0.3, -0.25) is 4.79 Å². The van der Waals surface area contributed by atoms with Crippen molar-refractivity contribution in [1.29, 1.82) is 0 Å². The van der Waals surface area contributed by atoms with Gasteiger partial charge in [0.05, 0.1) is 12.1 Å². The van der Waals surface area contributed by atoms with Gasteiger partial charge in [-0.1, -0.05) is 0 Å². The molecule has 0 aromatic carbocycles. The van der Waals surface area contributed by atoms with E-state index in [2.05, 4.69) is 0 Å². The van der Waals surface area contributed by atoms with Crippen LogP contribution in [0.25, 0.3) is 0 Å². The third kappa shape index (κ3) is 3.55. The number of rotatable bonds is 5. The van der Waals surface area contributed by atoms with Crippen molar-refractivity contribution in [3.63, 3.8) is 0 Å². The molecule has 0 bridgehead atoms. The van der Waals surface area contributed by atoms with E-state index in [1.807, 2.05) is 0 Å². The van der Waals surface area contributed by atoms with Crippen LogP contribution in [-0.4, -0.2) is 30.1 Å². The van der Waals surface area contributed by atoms with Gasteiger partial charge in [0.15, 0.2) is 0 Å². The van der Waals surface area contributed by atoms with Crippen LogP contribution in [0, 0.1) is 0 Å². The number of carbonyl (C=O) groups excluding carboxylic acids is 1. The first kappa shape index (κ1) is 9.55. The summed E-state index contributed by atoms with van der Waals surface area (Å²) < 4.78 is 0. The highest BCUT2D eigenvalue weighted by atomic mass is 16.3. The second-order valence-corrected chi connectivity index (χ2v) is 2.14. The summed E-state index contributed by atoms with van der Waals surface area (Å²) in [5.41, 5.74) is 10.3. The largest absolute Gasteiger partial charge is 0.391 e. The van der Waals surface area contributed by atoms with Crippen LogP contribution >= 0.6 is 0 Å². The van der Waals surface area contributed by atoms with E-state index in [4.69, 9.17) is 16.6 Å². The van der Waals surface area contributed by atoms with Crippen molar-refractivity contribution in [2.45, 2.75) is 25.0 Å². The van der Waals surface area contributed by atoms with E-state index in [1.54, 1.807) is 0 Å². The Bertz CT molecular complexity index is 97.7. The highest BCUT2D eigenvalue weighted by Gasteiger charge is 2.12. The van der Waals surface area contributed by atoms with Crippen molar-refractivity contribution in [3.8, 4) is 0 Å². The van der Waals surface area contributed by atoms with Crippen molar-refractivity contribution >= 4 is 6.29 Å². The zero-order chi connectivity index (χ0) is 7.98. The SMILES string of the molecule is NCCCC(O)[C@H](N)[C]=O. The predicted octanol–water partition coefficient (Wildman–Crippen LogP) is -1.48. The second-order valence-electron chi connectivity index (χ2n) is 2.14. The molecule has 0 amide bonds. The summed E-state index contributed by atoms with van der Waals surface area (Å²) in [6.07, 6.45) is 1.86. The summed E-state index contributed by atoms with van der Waals surface area (Å²) in [4.78, 5) is 9.87. The maximum absolute atomic E-state index is 9.87. The van der Waals surface area contributed by atoms with Gasteiger partial charge in [0.25, 0.3) is 0 Å². The number of nitrogens with two attached hydrogens (primary N) is 2. The highest BCUT2D eigenvalue weighted by molar-refractivity contribution is 5.58. The molecular formula is C6H13N2O2. The average molecular weight is 145 g/mol. The fourth-order valence-corrected chi connectivity index (χ4v) is 0.585. The molecule has 5 N–H and O–H groups in total. The zero-order valence-electron chi connectivity index (χ0n) is 5.79. The molecule has 4 nitrogen and oxygen atoms in total. The molecule has 0 heterocycles. The molecule has 0 aromatic rings. The maximum atomic E-state index is 9.87. The van der Waals surface area contributed by atoms with Crippen molar-refractivity contribution in [2.24, 2.45) is 11.5 Å². The third-order valence-electron chi connectivity index (χ3n) is 1.25. The minimum atomic E-state index is -0.883. The van der Waals surface area contributed by atoms with Crippen molar-refractivity contribution in [1.82, 2.24) is 0 Å². The molecule has 0 aliphatic carbocycles. The fourth-order valence-electron chi connectivity index (χ4n) is 0.585. The van der Waals surface area contributed by atoms with Crippen LogP contribution in [0.3, 0.4) is 0 Å². The van der Waals surface area contributed by atoms with Gasteiger partial charge in [0, 0.05) is 0 Å². The Morgan fingerprint density at radius 3 is 2.60 bits per heavy atom. The lowest BCUT2D eigenvalue weighted by molar-refractivity contribution is 0.153. The highest BCUT2D eigenvalue weighted by Crippen LogP contribution is 1.97. The van der Waals surface area contributed by atoms with Gasteiger partial charge in [0.1, 0.15) is 0 Å². The number of hydrogen-bond acceptors (Lipinski definition) is 4. The predicted molar refractivity (Wildman–Crippen MR) is 38.0 cm³/mol. The fraction of sp³-hybridized carbons (Fsp3) is 0.833. The first-order chi connectivity index (χ1) is 4.72. The molecular weight excluding hydrogens is 132 g/mol. The molecule has 0 spiro atoms. The number of hydrogen-bond donors (Lipinski definition) is 3. The maximum Gasteiger partial charge on any atom is 0.219 e. The van der Waals surface area contributed by atoms with Gasteiger partial charge in [0.2, 0.25) is 6.29 Å². The normalized spacial score (nSPS) is 16.3. The molecule has 0 aliphatic heterocycles. The molecule has 0 fully saturated rings. The summed E-state index contributed by atoms with van der Waals surface area (Å²) >= 11 is 0. The molecule has 1 unspecified atom stereocenters. The van der Waals surface area contributed by atoms with E-state index in [0.717, 1.165) is 0 Å². The van der Waals surface area contributed by atoms with Crippen LogP contribution in [0.5, 0.6) is 0 Å². The summed E-state index contributed by atoms with van der Waals surface area (Å²) in [7, 11) is 0. The van der Waals surface area contributed by atoms with Gasteiger partial charge in [-0.2, -0.15) is 0 Å². The van der Waals surface area contributed by atoms with Crippen LogP contribution in [0.4, 0.5) is 0 Å². The third-order valence-corrected chi connectivity index (χ3v) is 1.25. The van der Waals surface area contributed by atoms with Crippen LogP contribution < -0.4 is 11.5 Å².